The van der Waals surface area contributed by atoms with Crippen LogP contribution in [0, 0.1) is 0 Å². The van der Waals surface area contributed by atoms with Crippen LogP contribution in [0.2, 0.25) is 0 Å². The normalized spacial score (nSPS) is 13.2. The van der Waals surface area contributed by atoms with Crippen molar-refractivity contribution in [2.75, 3.05) is 41.2 Å². The lowest BCUT2D eigenvalue weighted by molar-refractivity contribution is -0.389. The fourth-order valence-electron chi connectivity index (χ4n) is 6.43. The molecule has 0 aliphatic rings. The first-order valence-electron chi connectivity index (χ1n) is 18.6. The summed E-state index contributed by atoms with van der Waals surface area (Å²) in [5.41, 5.74) is 2.42. The predicted molar refractivity (Wildman–Crippen MR) is 196 cm³/mol. The Hall–Kier alpha value is -1.80. The maximum Gasteiger partial charge on any atom is 0.290 e. The molecule has 0 saturated carbocycles. The molecule has 0 N–H and O–H groups in total. The van der Waals surface area contributed by atoms with Gasteiger partial charge in [-0.3, -0.25) is 0 Å². The molecule has 0 radical (unpaired) electrons. The number of methoxy groups -OCH3 is 3. The van der Waals surface area contributed by atoms with Crippen molar-refractivity contribution >= 4 is 0 Å². The summed E-state index contributed by atoms with van der Waals surface area (Å²) < 4.78 is 35.0. The molecule has 0 bridgehead atoms. The average Bonchev–Trinajstić information content (AvgIpc) is 3.10. The van der Waals surface area contributed by atoms with Crippen molar-refractivity contribution in [2.45, 2.75) is 148 Å². The van der Waals surface area contributed by atoms with Gasteiger partial charge in [0.15, 0.2) is 0 Å². The first-order valence-corrected chi connectivity index (χ1v) is 18.6. The van der Waals surface area contributed by atoms with Crippen LogP contribution in [0.25, 0.3) is 0 Å². The van der Waals surface area contributed by atoms with Gasteiger partial charge in [-0.25, -0.2) is 0 Å². The second kappa shape index (κ2) is 27.1. The van der Waals surface area contributed by atoms with Gasteiger partial charge in [0.25, 0.3) is 11.9 Å². The number of hydrogen-bond acceptors (Lipinski definition) is 6. The third-order valence-electron chi connectivity index (χ3n) is 8.84. The molecule has 47 heavy (non-hydrogen) atoms. The smallest absolute Gasteiger partial charge is 0.290 e. The van der Waals surface area contributed by atoms with Gasteiger partial charge in [0, 0.05) is 41.2 Å². The number of benzene rings is 2. The Morgan fingerprint density at radius 2 is 0.745 bits per heavy atom. The maximum atomic E-state index is 6.08. The monoisotopic (exact) mass is 659 g/mol. The molecule has 2 aromatic rings. The Balaban J connectivity index is 0.000000474. The van der Waals surface area contributed by atoms with Gasteiger partial charge in [0.05, 0.1) is 11.8 Å². The van der Waals surface area contributed by atoms with Gasteiger partial charge in [-0.15, -0.1) is 0 Å². The largest absolute Gasteiger partial charge is 0.330 e. The zero-order chi connectivity index (χ0) is 34.6. The van der Waals surface area contributed by atoms with Crippen LogP contribution in [0.5, 0.6) is 0 Å². The minimum absolute atomic E-state index is 0.0693. The highest BCUT2D eigenvalue weighted by Gasteiger charge is 2.43. The molecule has 2 aromatic carbocycles. The Bertz CT molecular complexity index is 924. The van der Waals surface area contributed by atoms with E-state index in [2.05, 4.69) is 68.4 Å². The zero-order valence-electron chi connectivity index (χ0n) is 31.4. The van der Waals surface area contributed by atoms with E-state index in [1.807, 2.05) is 26.8 Å². The molecule has 6 nitrogen and oxygen atoms in total. The molecule has 2 rings (SSSR count). The Morgan fingerprint density at radius 1 is 0.426 bits per heavy atom. The van der Waals surface area contributed by atoms with Gasteiger partial charge in [0.1, 0.15) is 0 Å². The van der Waals surface area contributed by atoms with Crippen LogP contribution in [-0.4, -0.2) is 53.1 Å². The van der Waals surface area contributed by atoms with E-state index in [4.69, 9.17) is 28.4 Å². The number of hydrogen-bond donors (Lipinski definition) is 0. The summed E-state index contributed by atoms with van der Waals surface area (Å²) in [5.74, 6) is -1.84. The van der Waals surface area contributed by atoms with E-state index in [1.165, 1.54) is 75.3 Å². The maximum absolute atomic E-state index is 6.08. The quantitative estimate of drug-likeness (QED) is 0.0703. The van der Waals surface area contributed by atoms with Crippen molar-refractivity contribution < 1.29 is 28.4 Å². The van der Waals surface area contributed by atoms with Crippen molar-refractivity contribution in [1.29, 1.82) is 0 Å². The highest BCUT2D eigenvalue weighted by atomic mass is 16.9. The average molecular weight is 659 g/mol. The van der Waals surface area contributed by atoms with Gasteiger partial charge in [0.2, 0.25) is 0 Å². The summed E-state index contributed by atoms with van der Waals surface area (Å²) >= 11 is 0. The molecule has 6 heteroatoms. The van der Waals surface area contributed by atoms with Crippen LogP contribution in [0.15, 0.2) is 60.7 Å². The van der Waals surface area contributed by atoms with Crippen molar-refractivity contribution in [3.63, 3.8) is 0 Å². The molecule has 0 spiro atoms. The second-order valence-electron chi connectivity index (χ2n) is 12.2. The van der Waals surface area contributed by atoms with Crippen LogP contribution in [0.1, 0.15) is 147 Å². The summed E-state index contributed by atoms with van der Waals surface area (Å²) in [7, 11) is 4.93. The number of rotatable bonds is 27. The third-order valence-corrected chi connectivity index (χ3v) is 8.84. The molecule has 0 heterocycles. The molecule has 270 valence electrons. The van der Waals surface area contributed by atoms with Gasteiger partial charge in [-0.1, -0.05) is 152 Å². The summed E-state index contributed by atoms with van der Waals surface area (Å²) in [6.45, 7) is 12.2. The van der Waals surface area contributed by atoms with Crippen LogP contribution in [0.4, 0.5) is 0 Å². The summed E-state index contributed by atoms with van der Waals surface area (Å²) in [6, 6.07) is 20.9. The van der Waals surface area contributed by atoms with Gasteiger partial charge in [-0.2, -0.15) is 0 Å². The highest BCUT2D eigenvalue weighted by Crippen LogP contribution is 2.39. The van der Waals surface area contributed by atoms with Gasteiger partial charge >= 0.3 is 0 Å². The van der Waals surface area contributed by atoms with E-state index in [1.54, 1.807) is 21.3 Å². The van der Waals surface area contributed by atoms with Crippen molar-refractivity contribution in [3.8, 4) is 0 Å². The summed E-state index contributed by atoms with van der Waals surface area (Å²) in [5, 5.41) is 0. The molecule has 0 aliphatic heterocycles. The lowest BCUT2D eigenvalue weighted by Crippen LogP contribution is -2.45. The Labute approximate surface area is 289 Å². The molecule has 0 saturated heterocycles. The number of unbranched alkanes of at least 4 members (excludes halogenated alkanes) is 10. The van der Waals surface area contributed by atoms with E-state index in [9.17, 15) is 0 Å². The van der Waals surface area contributed by atoms with Crippen LogP contribution < -0.4 is 0 Å². The predicted octanol–water partition coefficient (Wildman–Crippen LogP) is 11.4. The Morgan fingerprint density at radius 3 is 1.06 bits per heavy atom. The fraction of sp³-hybridized carbons (Fsp3) is 0.707. The van der Waals surface area contributed by atoms with Crippen LogP contribution in [0.3, 0.4) is 0 Å². The second-order valence-corrected chi connectivity index (χ2v) is 12.2. The van der Waals surface area contributed by atoms with Crippen molar-refractivity contribution in [2.24, 2.45) is 0 Å². The molecule has 0 aromatic heterocycles. The van der Waals surface area contributed by atoms with Crippen molar-refractivity contribution in [3.05, 3.63) is 71.8 Å². The molecule has 0 fully saturated rings. The molecule has 2 unspecified atom stereocenters. The molecule has 2 atom stereocenters. The fourth-order valence-corrected chi connectivity index (χ4v) is 6.43. The lowest BCUT2D eigenvalue weighted by Gasteiger charge is -2.39. The molecule has 0 amide bonds. The zero-order valence-corrected chi connectivity index (χ0v) is 31.4. The van der Waals surface area contributed by atoms with E-state index >= 15 is 0 Å². The van der Waals surface area contributed by atoms with Crippen LogP contribution >= 0.6 is 0 Å². The molecular weight excluding hydrogens is 588 g/mol. The van der Waals surface area contributed by atoms with E-state index in [0.29, 0.717) is 19.8 Å². The van der Waals surface area contributed by atoms with E-state index in [-0.39, 0.29) is 11.8 Å². The number of ether oxygens (including phenoxy) is 6. The summed E-state index contributed by atoms with van der Waals surface area (Å²) in [6.07, 6.45) is 17.3. The first-order chi connectivity index (χ1) is 23.0. The molecule has 0 aliphatic carbocycles. The van der Waals surface area contributed by atoms with Crippen molar-refractivity contribution in [1.82, 2.24) is 0 Å². The van der Waals surface area contributed by atoms with Crippen LogP contribution in [-0.2, 0) is 28.4 Å². The summed E-state index contributed by atoms with van der Waals surface area (Å²) in [4.78, 5) is 0. The third kappa shape index (κ3) is 15.5. The Kier molecular flexibility index (Phi) is 24.9. The molecular formula is C41H70O6. The van der Waals surface area contributed by atoms with E-state index in [0.717, 1.165) is 25.7 Å². The SMILES string of the molecule is CCCCCCCCC(c1ccccc1)C(OC)(OC)OC.CCCCCCCCC(c1ccccc1)C(OCC)(OCC)OCC. The van der Waals surface area contributed by atoms with E-state index < -0.39 is 11.9 Å². The topological polar surface area (TPSA) is 55.4 Å². The lowest BCUT2D eigenvalue weighted by atomic mass is 9.90. The van der Waals surface area contributed by atoms with Gasteiger partial charge < -0.3 is 28.4 Å². The minimum Gasteiger partial charge on any atom is -0.330 e. The highest BCUT2D eigenvalue weighted by molar-refractivity contribution is 5.22. The standard InChI is InChI=1S/C22H38O3.C19H32O3/c1-5-9-10-11-12-16-19-21(20-17-14-13-15-18-20)22(23-6-2,24-7-3)25-8-4;1-5-6-7-8-9-13-16-18(17-14-11-10-12-15-17)19(20-2,21-3)22-4/h13-15,17-18,21H,5-12,16,19H2,1-4H3;10-12,14-15,18H,5-9,13,16H2,1-4H3. The first kappa shape index (κ1) is 43.2. The minimum atomic E-state index is -1.01. The van der Waals surface area contributed by atoms with Gasteiger partial charge in [-0.05, 0) is 44.7 Å².